The van der Waals surface area contributed by atoms with Crippen LogP contribution < -0.4 is 16.4 Å². The van der Waals surface area contributed by atoms with Crippen molar-refractivity contribution in [1.82, 2.24) is 10.6 Å². The van der Waals surface area contributed by atoms with Gasteiger partial charge < -0.3 is 15.7 Å². The Morgan fingerprint density at radius 1 is 1.50 bits per heavy atom. The van der Waals surface area contributed by atoms with Gasteiger partial charge >= 0.3 is 12.9 Å². The maximum Gasteiger partial charge on any atom is 0.358 e. The van der Waals surface area contributed by atoms with Crippen LogP contribution in [0.5, 0.6) is 0 Å². The van der Waals surface area contributed by atoms with Crippen molar-refractivity contribution in [3.63, 3.8) is 0 Å². The first-order valence-corrected chi connectivity index (χ1v) is 8.36. The minimum absolute atomic E-state index is 0.0329. The monoisotopic (exact) mass is 309 g/mol. The fourth-order valence-electron chi connectivity index (χ4n) is 3.25. The predicted octanol–water partition coefficient (Wildman–Crippen LogP) is 0.535. The molecule has 124 valence electrons. The molecule has 0 saturated carbocycles. The van der Waals surface area contributed by atoms with E-state index in [1.54, 1.807) is 0 Å². The number of nitrogens with two attached hydrogens (primary N) is 1. The van der Waals surface area contributed by atoms with Crippen molar-refractivity contribution in [1.29, 1.82) is 0 Å². The Hall–Kier alpha value is -1.08. The first-order chi connectivity index (χ1) is 10.3. The molecular weight excluding hydrogens is 281 g/mol. The van der Waals surface area contributed by atoms with Gasteiger partial charge in [0.05, 0.1) is 6.04 Å². The zero-order chi connectivity index (χ0) is 16.3. The van der Waals surface area contributed by atoms with Crippen molar-refractivity contribution in [2.45, 2.75) is 70.3 Å². The zero-order valence-electron chi connectivity index (χ0n) is 13.9. The van der Waals surface area contributed by atoms with E-state index in [1.165, 1.54) is 0 Å². The van der Waals surface area contributed by atoms with E-state index in [4.69, 9.17) is 10.4 Å². The van der Waals surface area contributed by atoms with E-state index >= 15 is 0 Å². The van der Waals surface area contributed by atoms with Gasteiger partial charge in [-0.25, -0.2) is 0 Å². The summed E-state index contributed by atoms with van der Waals surface area (Å²) < 4.78 is 5.53. The highest BCUT2D eigenvalue weighted by atomic mass is 16.5. The second kappa shape index (κ2) is 7.00. The number of hydrogen-bond acceptors (Lipinski definition) is 5. The van der Waals surface area contributed by atoms with E-state index in [0.29, 0.717) is 13.0 Å². The molecule has 0 bridgehead atoms. The van der Waals surface area contributed by atoms with Crippen LogP contribution in [-0.4, -0.2) is 43.0 Å². The molecule has 1 amide bonds. The molecule has 0 unspecified atom stereocenters. The second-order valence-corrected chi connectivity index (χ2v) is 7.10. The molecule has 0 aromatic heterocycles. The molecule has 0 aliphatic carbocycles. The van der Waals surface area contributed by atoms with E-state index in [1.807, 2.05) is 20.7 Å². The Morgan fingerprint density at radius 3 is 2.91 bits per heavy atom. The number of carbonyl (C=O) groups is 2. The molecule has 0 radical (unpaired) electrons. The summed E-state index contributed by atoms with van der Waals surface area (Å²) in [6.07, 6.45) is 4.33. The molecular formula is C15H28BN3O3. The maximum atomic E-state index is 12.5. The molecule has 2 rings (SSSR count). The number of rotatable bonds is 3. The Labute approximate surface area is 133 Å². The van der Waals surface area contributed by atoms with Gasteiger partial charge in [0.2, 0.25) is 5.91 Å². The molecule has 7 heteroatoms. The first kappa shape index (κ1) is 17.3. The van der Waals surface area contributed by atoms with Crippen LogP contribution in [-0.2, 0) is 14.2 Å². The highest BCUT2D eigenvalue weighted by Gasteiger charge is 2.47. The second-order valence-electron chi connectivity index (χ2n) is 7.10. The van der Waals surface area contributed by atoms with Crippen molar-refractivity contribution in [2.24, 2.45) is 11.7 Å². The minimum atomic E-state index is -0.644. The van der Waals surface area contributed by atoms with Gasteiger partial charge in [0, 0.05) is 12.6 Å². The first-order valence-electron chi connectivity index (χ1n) is 8.36. The van der Waals surface area contributed by atoms with Crippen molar-refractivity contribution < 1.29 is 14.2 Å². The van der Waals surface area contributed by atoms with Crippen LogP contribution in [0.15, 0.2) is 0 Å². The van der Waals surface area contributed by atoms with Crippen molar-refractivity contribution in [3.8, 4) is 0 Å². The summed E-state index contributed by atoms with van der Waals surface area (Å²) in [7, 11) is 0. The standard InChI is InChI=1S/C15H28BN3O3/c1-10(2)12(17)13(20)19-11-8-15(18-9-11)6-4-5-7-16(3)22-14(15)21/h10-12,18H,4-9,17H2,1-3H3,(H,19,20)/t11-,12+,15-/m1/s1. The third-order valence-corrected chi connectivity index (χ3v) is 4.81. The zero-order valence-corrected chi connectivity index (χ0v) is 13.9. The van der Waals surface area contributed by atoms with Crippen molar-refractivity contribution >= 4 is 18.8 Å². The summed E-state index contributed by atoms with van der Waals surface area (Å²) in [4.78, 5) is 24.5. The van der Waals surface area contributed by atoms with Gasteiger partial charge in [0.1, 0.15) is 5.54 Å². The Morgan fingerprint density at radius 2 is 2.23 bits per heavy atom. The van der Waals surface area contributed by atoms with Gasteiger partial charge in [-0.15, -0.1) is 0 Å². The number of nitrogens with one attached hydrogen (secondary N) is 2. The Balaban J connectivity index is 1.97. The molecule has 4 N–H and O–H groups in total. The summed E-state index contributed by atoms with van der Waals surface area (Å²) in [5.74, 6) is -0.230. The molecule has 1 spiro atoms. The van der Waals surface area contributed by atoms with Crippen LogP contribution in [0.4, 0.5) is 0 Å². The molecule has 2 saturated heterocycles. The number of hydrogen-bond donors (Lipinski definition) is 3. The van der Waals surface area contributed by atoms with Crippen molar-refractivity contribution in [2.75, 3.05) is 6.54 Å². The van der Waals surface area contributed by atoms with Crippen LogP contribution >= 0.6 is 0 Å². The quantitative estimate of drug-likeness (QED) is 0.662. The lowest BCUT2D eigenvalue weighted by Crippen LogP contribution is -2.51. The van der Waals surface area contributed by atoms with E-state index in [9.17, 15) is 9.59 Å². The lowest BCUT2D eigenvalue weighted by molar-refractivity contribution is -0.142. The summed E-state index contributed by atoms with van der Waals surface area (Å²) in [5, 5.41) is 6.27. The fraction of sp³-hybridized carbons (Fsp3) is 0.867. The van der Waals surface area contributed by atoms with E-state index < -0.39 is 11.6 Å². The van der Waals surface area contributed by atoms with Gasteiger partial charge in [0.15, 0.2) is 0 Å². The molecule has 2 aliphatic rings. The Kier molecular flexibility index (Phi) is 5.50. The smallest absolute Gasteiger partial charge is 0.358 e. The van der Waals surface area contributed by atoms with Gasteiger partial charge in [-0.05, 0) is 31.9 Å². The molecule has 2 aliphatic heterocycles. The molecule has 2 fully saturated rings. The summed E-state index contributed by atoms with van der Waals surface area (Å²) >= 11 is 0. The molecule has 3 atom stereocenters. The van der Waals surface area contributed by atoms with Gasteiger partial charge in [-0.2, -0.15) is 0 Å². The van der Waals surface area contributed by atoms with Crippen LogP contribution in [0.1, 0.15) is 39.5 Å². The number of amides is 1. The topological polar surface area (TPSA) is 93.5 Å². The summed E-state index contributed by atoms with van der Waals surface area (Å²) in [5.41, 5.74) is 5.23. The van der Waals surface area contributed by atoms with Crippen LogP contribution in [0.3, 0.4) is 0 Å². The summed E-state index contributed by atoms with van der Waals surface area (Å²) in [6, 6.07) is -0.583. The molecule has 6 nitrogen and oxygen atoms in total. The molecule has 22 heavy (non-hydrogen) atoms. The van der Waals surface area contributed by atoms with E-state index in [2.05, 4.69) is 10.6 Å². The maximum absolute atomic E-state index is 12.5. The van der Waals surface area contributed by atoms with Gasteiger partial charge in [-0.3, -0.25) is 14.9 Å². The van der Waals surface area contributed by atoms with Crippen LogP contribution in [0.25, 0.3) is 0 Å². The highest BCUT2D eigenvalue weighted by Crippen LogP contribution is 2.30. The highest BCUT2D eigenvalue weighted by molar-refractivity contribution is 6.52. The van der Waals surface area contributed by atoms with Gasteiger partial charge in [-0.1, -0.05) is 26.7 Å². The van der Waals surface area contributed by atoms with Gasteiger partial charge in [0.25, 0.3) is 0 Å². The SMILES string of the molecule is CB1CCCC[C@@]2(C[C@@H](NC(=O)[C@@H](N)C(C)C)CN2)C(=O)O1. The third-order valence-electron chi connectivity index (χ3n) is 4.81. The lowest BCUT2D eigenvalue weighted by Gasteiger charge is -2.31. The largest absolute Gasteiger partial charge is 0.535 e. The van der Waals surface area contributed by atoms with E-state index in [0.717, 1.165) is 25.6 Å². The third kappa shape index (κ3) is 3.81. The molecule has 0 aromatic rings. The lowest BCUT2D eigenvalue weighted by atomic mass is 9.64. The van der Waals surface area contributed by atoms with E-state index in [-0.39, 0.29) is 30.8 Å². The average Bonchev–Trinajstić information content (AvgIpc) is 2.86. The fourth-order valence-corrected chi connectivity index (χ4v) is 3.25. The normalized spacial score (nSPS) is 30.9. The van der Waals surface area contributed by atoms with Crippen LogP contribution in [0.2, 0.25) is 13.1 Å². The number of carbonyl (C=O) groups excluding carboxylic acids is 2. The van der Waals surface area contributed by atoms with Crippen LogP contribution in [0, 0.1) is 5.92 Å². The predicted molar refractivity (Wildman–Crippen MR) is 86.5 cm³/mol. The molecule has 2 heterocycles. The Bertz CT molecular complexity index is 432. The average molecular weight is 309 g/mol. The minimum Gasteiger partial charge on any atom is -0.535 e. The summed E-state index contributed by atoms with van der Waals surface area (Å²) in [6.45, 7) is 6.33. The molecule has 0 aromatic carbocycles. The van der Waals surface area contributed by atoms with Crippen molar-refractivity contribution in [3.05, 3.63) is 0 Å².